The van der Waals surface area contributed by atoms with Crippen LogP contribution in [-0.4, -0.2) is 25.5 Å². The monoisotopic (exact) mass is 282 g/mol. The number of hydrogen-bond donors (Lipinski definition) is 3. The van der Waals surface area contributed by atoms with Crippen molar-refractivity contribution in [2.75, 3.05) is 19.6 Å². The molecular weight excluding hydrogens is 260 g/mol. The highest BCUT2D eigenvalue weighted by Crippen LogP contribution is 2.21. The third-order valence-electron chi connectivity index (χ3n) is 3.70. The molecule has 1 fully saturated rings. The second-order valence-corrected chi connectivity index (χ2v) is 5.80. The van der Waals surface area contributed by atoms with Gasteiger partial charge in [0.15, 0.2) is 0 Å². The zero-order valence-corrected chi connectivity index (χ0v) is 12.2. The van der Waals surface area contributed by atoms with E-state index in [2.05, 4.69) is 28.6 Å². The van der Waals surface area contributed by atoms with Crippen LogP contribution in [0.4, 0.5) is 0 Å². The van der Waals surface area contributed by atoms with Crippen LogP contribution in [0.5, 0.6) is 0 Å². The Kier molecular flexibility index (Phi) is 5.28. The van der Waals surface area contributed by atoms with Gasteiger partial charge in [0.1, 0.15) is 11.7 Å². The second-order valence-electron chi connectivity index (χ2n) is 5.37. The highest BCUT2D eigenvalue weighted by Gasteiger charge is 2.14. The average Bonchev–Trinajstić information content (AvgIpc) is 2.41. The minimum atomic E-state index is 0.298. The second kappa shape index (κ2) is 6.96. The Morgan fingerprint density at radius 3 is 2.95 bits per heavy atom. The number of aliphatic imine (C=N–C) groups is 1. The lowest BCUT2D eigenvalue weighted by Gasteiger charge is -2.23. The topological polar surface area (TPSA) is 62.4 Å². The molecule has 1 saturated heterocycles. The number of hydrogen-bond acceptors (Lipinski definition) is 4. The molecule has 4 N–H and O–H groups in total. The number of rotatable bonds is 3. The Balaban J connectivity index is 1.93. The molecule has 19 heavy (non-hydrogen) atoms. The van der Waals surface area contributed by atoms with Crippen LogP contribution in [0.1, 0.15) is 26.2 Å². The van der Waals surface area contributed by atoms with Gasteiger partial charge >= 0.3 is 0 Å². The lowest BCUT2D eigenvalue weighted by atomic mass is 9.98. The van der Waals surface area contributed by atoms with Crippen molar-refractivity contribution in [1.29, 1.82) is 0 Å². The van der Waals surface area contributed by atoms with Gasteiger partial charge in [-0.1, -0.05) is 18.5 Å². The van der Waals surface area contributed by atoms with Crippen LogP contribution in [0, 0.1) is 11.8 Å². The molecule has 0 aromatic rings. The standard InChI is InChI=1S/C14H23ClN4/c1-10-2-3-14(19-13(16)8-12(10)15)18-9-11-4-6-17-7-5-11/h3,8,10-11,17-18H,2,4-7,9H2,1H3,(H2,16,19)/b12-8?,14-3+. The van der Waals surface area contributed by atoms with E-state index in [0.29, 0.717) is 11.8 Å². The molecule has 1 atom stereocenters. The normalized spacial score (nSPS) is 28.5. The van der Waals surface area contributed by atoms with Crippen molar-refractivity contribution >= 4 is 17.4 Å². The van der Waals surface area contributed by atoms with Gasteiger partial charge in [0.05, 0.1) is 0 Å². The SMILES string of the molecule is CC1C/C=C(\NCC2CCNCC2)N=C(N)C=C1Cl. The van der Waals surface area contributed by atoms with Crippen LogP contribution >= 0.6 is 11.6 Å². The Morgan fingerprint density at radius 1 is 1.47 bits per heavy atom. The van der Waals surface area contributed by atoms with Gasteiger partial charge in [-0.25, -0.2) is 4.99 Å². The Labute approximate surface area is 120 Å². The summed E-state index contributed by atoms with van der Waals surface area (Å²) in [6.07, 6.45) is 7.18. The number of nitrogens with zero attached hydrogens (tertiary/aromatic N) is 1. The number of amidine groups is 1. The molecule has 2 heterocycles. The minimum Gasteiger partial charge on any atom is -0.384 e. The molecule has 2 aliphatic rings. The van der Waals surface area contributed by atoms with E-state index in [9.17, 15) is 0 Å². The van der Waals surface area contributed by atoms with E-state index in [1.807, 2.05) is 0 Å². The maximum Gasteiger partial charge on any atom is 0.126 e. The Hall–Kier alpha value is -1.00. The van der Waals surface area contributed by atoms with Gasteiger partial charge in [0.2, 0.25) is 0 Å². The summed E-state index contributed by atoms with van der Waals surface area (Å²) >= 11 is 6.13. The lowest BCUT2D eigenvalue weighted by Crippen LogP contribution is -2.33. The molecule has 0 saturated carbocycles. The van der Waals surface area contributed by atoms with E-state index in [-0.39, 0.29) is 0 Å². The summed E-state index contributed by atoms with van der Waals surface area (Å²) in [5.74, 6) is 2.37. The molecule has 1 unspecified atom stereocenters. The third-order valence-corrected chi connectivity index (χ3v) is 4.18. The van der Waals surface area contributed by atoms with Crippen molar-refractivity contribution in [3.8, 4) is 0 Å². The van der Waals surface area contributed by atoms with Crippen molar-refractivity contribution in [2.24, 2.45) is 22.6 Å². The van der Waals surface area contributed by atoms with E-state index in [1.54, 1.807) is 6.08 Å². The zero-order valence-electron chi connectivity index (χ0n) is 11.5. The average molecular weight is 283 g/mol. The van der Waals surface area contributed by atoms with Crippen LogP contribution in [0.2, 0.25) is 0 Å². The first-order valence-electron chi connectivity index (χ1n) is 7.01. The van der Waals surface area contributed by atoms with Crippen LogP contribution in [-0.2, 0) is 0 Å². The third kappa shape index (κ3) is 4.55. The van der Waals surface area contributed by atoms with Crippen molar-refractivity contribution in [2.45, 2.75) is 26.2 Å². The molecule has 0 aromatic heterocycles. The molecule has 2 aliphatic heterocycles. The van der Waals surface area contributed by atoms with Gasteiger partial charge in [-0.2, -0.15) is 0 Å². The maximum absolute atomic E-state index is 6.13. The van der Waals surface area contributed by atoms with Crippen LogP contribution in [0.3, 0.4) is 0 Å². The first-order chi connectivity index (χ1) is 9.15. The van der Waals surface area contributed by atoms with Crippen molar-refractivity contribution in [3.63, 3.8) is 0 Å². The molecule has 0 spiro atoms. The predicted octanol–water partition coefficient (Wildman–Crippen LogP) is 1.94. The van der Waals surface area contributed by atoms with Crippen molar-refractivity contribution < 1.29 is 0 Å². The zero-order chi connectivity index (χ0) is 13.7. The first-order valence-corrected chi connectivity index (χ1v) is 7.39. The van der Waals surface area contributed by atoms with Gasteiger partial charge in [0, 0.05) is 11.6 Å². The van der Waals surface area contributed by atoms with Gasteiger partial charge in [-0.05, 0) is 56.3 Å². The van der Waals surface area contributed by atoms with E-state index in [0.717, 1.165) is 42.8 Å². The summed E-state index contributed by atoms with van der Waals surface area (Å²) in [6.45, 7) is 5.30. The summed E-state index contributed by atoms with van der Waals surface area (Å²) in [4.78, 5) is 4.37. The molecule has 4 nitrogen and oxygen atoms in total. The van der Waals surface area contributed by atoms with E-state index >= 15 is 0 Å². The smallest absolute Gasteiger partial charge is 0.126 e. The maximum atomic E-state index is 6.13. The number of nitrogens with two attached hydrogens (primary N) is 1. The molecule has 5 heteroatoms. The highest BCUT2D eigenvalue weighted by molar-refractivity contribution is 6.31. The summed E-state index contributed by atoms with van der Waals surface area (Å²) in [6, 6.07) is 0. The molecule has 0 amide bonds. The van der Waals surface area contributed by atoms with Gasteiger partial charge in [-0.3, -0.25) is 0 Å². The molecule has 0 aromatic carbocycles. The van der Waals surface area contributed by atoms with Crippen LogP contribution in [0.25, 0.3) is 0 Å². The van der Waals surface area contributed by atoms with E-state index in [4.69, 9.17) is 17.3 Å². The molecule has 0 bridgehead atoms. The van der Waals surface area contributed by atoms with Crippen LogP contribution < -0.4 is 16.4 Å². The Morgan fingerprint density at radius 2 is 2.21 bits per heavy atom. The Bertz CT molecular complexity index is 394. The largest absolute Gasteiger partial charge is 0.384 e. The molecule has 2 rings (SSSR count). The van der Waals surface area contributed by atoms with Gasteiger partial charge in [0.25, 0.3) is 0 Å². The number of piperidine rings is 1. The highest BCUT2D eigenvalue weighted by atomic mass is 35.5. The number of allylic oxidation sites excluding steroid dienone is 2. The summed E-state index contributed by atoms with van der Waals surface area (Å²) < 4.78 is 0. The molecule has 0 aliphatic carbocycles. The van der Waals surface area contributed by atoms with Crippen molar-refractivity contribution in [3.05, 3.63) is 23.0 Å². The van der Waals surface area contributed by atoms with Gasteiger partial charge in [-0.15, -0.1) is 0 Å². The molecule has 106 valence electrons. The fourth-order valence-electron chi connectivity index (χ4n) is 2.35. The number of halogens is 1. The fourth-order valence-corrected chi connectivity index (χ4v) is 2.55. The van der Waals surface area contributed by atoms with E-state index < -0.39 is 0 Å². The number of nitrogens with one attached hydrogen (secondary N) is 2. The fraction of sp³-hybridized carbons (Fsp3) is 0.643. The van der Waals surface area contributed by atoms with E-state index in [1.165, 1.54) is 12.8 Å². The molecular formula is C14H23ClN4. The van der Waals surface area contributed by atoms with Crippen molar-refractivity contribution in [1.82, 2.24) is 10.6 Å². The molecule has 0 radical (unpaired) electrons. The minimum absolute atomic E-state index is 0.298. The first kappa shape index (κ1) is 14.4. The lowest BCUT2D eigenvalue weighted by molar-refractivity contribution is 0.365. The van der Waals surface area contributed by atoms with Crippen LogP contribution in [0.15, 0.2) is 28.0 Å². The summed E-state index contributed by atoms with van der Waals surface area (Å²) in [5, 5.41) is 7.57. The quantitative estimate of drug-likeness (QED) is 0.741. The van der Waals surface area contributed by atoms with Gasteiger partial charge < -0.3 is 16.4 Å². The summed E-state index contributed by atoms with van der Waals surface area (Å²) in [7, 11) is 0. The predicted molar refractivity (Wildman–Crippen MR) is 81.0 cm³/mol. The summed E-state index contributed by atoms with van der Waals surface area (Å²) in [5.41, 5.74) is 5.85.